The number of methoxy groups -OCH3 is 1. The smallest absolute Gasteiger partial charge is 0.261 e. The first-order valence-corrected chi connectivity index (χ1v) is 8.09. The highest BCUT2D eigenvalue weighted by Gasteiger charge is 2.17. The van der Waals surface area contributed by atoms with Gasteiger partial charge in [0.1, 0.15) is 0 Å². The van der Waals surface area contributed by atoms with Gasteiger partial charge < -0.3 is 14.8 Å². The Morgan fingerprint density at radius 1 is 1.08 bits per heavy atom. The molecule has 0 aliphatic heterocycles. The molecule has 5 nitrogen and oxygen atoms in total. The number of carbonyl (C=O) groups excluding carboxylic acids is 2. The fraction of sp³-hybridized carbons (Fsp3) is 0.300. The maximum absolute atomic E-state index is 12.2. The van der Waals surface area contributed by atoms with E-state index in [1.807, 2.05) is 31.2 Å². The molecule has 0 radical (unpaired) electrons. The summed E-state index contributed by atoms with van der Waals surface area (Å²) in [6, 6.07) is 12.9. The zero-order valence-corrected chi connectivity index (χ0v) is 15.0. The quantitative estimate of drug-likeness (QED) is 0.785. The summed E-state index contributed by atoms with van der Waals surface area (Å²) in [5, 5.41) is 2.85. The van der Waals surface area contributed by atoms with Crippen molar-refractivity contribution in [3.05, 3.63) is 59.2 Å². The van der Waals surface area contributed by atoms with Gasteiger partial charge in [0.25, 0.3) is 5.91 Å². The maximum atomic E-state index is 12.2. The lowest BCUT2D eigenvalue weighted by atomic mass is 10.1. The lowest BCUT2D eigenvalue weighted by Crippen LogP contribution is -2.36. The number of rotatable bonds is 7. The minimum absolute atomic E-state index is 0.0614. The lowest BCUT2D eigenvalue weighted by molar-refractivity contribution is -0.127. The van der Waals surface area contributed by atoms with Crippen molar-refractivity contribution in [1.82, 2.24) is 5.32 Å². The average molecular weight is 341 g/mol. The third-order valence-corrected chi connectivity index (χ3v) is 3.83. The van der Waals surface area contributed by atoms with Crippen LogP contribution in [0.4, 0.5) is 0 Å². The number of Topliss-reactive ketones (excluding diaryl/α,β-unsaturated/α-hetero) is 1. The molecule has 2 rings (SSSR count). The molecule has 0 spiro atoms. The average Bonchev–Trinajstić information content (AvgIpc) is 2.61. The summed E-state index contributed by atoms with van der Waals surface area (Å²) in [5.41, 5.74) is 2.73. The zero-order chi connectivity index (χ0) is 18.4. The van der Waals surface area contributed by atoms with Gasteiger partial charge in [0.05, 0.1) is 7.11 Å². The van der Waals surface area contributed by atoms with Gasteiger partial charge in [-0.25, -0.2) is 0 Å². The van der Waals surface area contributed by atoms with E-state index in [4.69, 9.17) is 9.47 Å². The number of aryl methyl sites for hydroxylation is 1. The summed E-state index contributed by atoms with van der Waals surface area (Å²) in [5.74, 6) is 0.559. The van der Waals surface area contributed by atoms with Crippen molar-refractivity contribution in [2.24, 2.45) is 0 Å². The van der Waals surface area contributed by atoms with Crippen LogP contribution < -0.4 is 14.8 Å². The molecule has 0 aromatic heterocycles. The van der Waals surface area contributed by atoms with Crippen LogP contribution in [0.15, 0.2) is 42.5 Å². The standard InChI is InChI=1S/C20H23NO4/c1-13-5-7-16(8-6-13)12-21-20(23)15(3)25-18-10-9-17(14(2)22)11-19(18)24-4/h5-11,15H,12H2,1-4H3,(H,21,23)/t15-/m0/s1. The number of carbonyl (C=O) groups is 2. The summed E-state index contributed by atoms with van der Waals surface area (Å²) in [6.45, 7) is 5.61. The van der Waals surface area contributed by atoms with Crippen LogP contribution in [0.2, 0.25) is 0 Å². The van der Waals surface area contributed by atoms with Crippen LogP contribution in [-0.2, 0) is 11.3 Å². The van der Waals surface area contributed by atoms with E-state index in [0.29, 0.717) is 23.6 Å². The molecule has 2 aromatic carbocycles. The Bertz CT molecular complexity index is 753. The molecular formula is C20H23NO4. The summed E-state index contributed by atoms with van der Waals surface area (Å²) >= 11 is 0. The van der Waals surface area contributed by atoms with Gasteiger partial charge in [-0.2, -0.15) is 0 Å². The molecule has 0 unspecified atom stereocenters. The van der Waals surface area contributed by atoms with Crippen LogP contribution in [-0.4, -0.2) is 24.9 Å². The van der Waals surface area contributed by atoms with Crippen LogP contribution in [0.1, 0.15) is 35.3 Å². The number of hydrogen-bond donors (Lipinski definition) is 1. The van der Waals surface area contributed by atoms with Crippen molar-refractivity contribution < 1.29 is 19.1 Å². The Balaban J connectivity index is 1.98. The minimum Gasteiger partial charge on any atom is -0.493 e. The van der Waals surface area contributed by atoms with Gasteiger partial charge in [-0.05, 0) is 44.5 Å². The van der Waals surface area contributed by atoms with Crippen LogP contribution in [0.3, 0.4) is 0 Å². The van der Waals surface area contributed by atoms with E-state index in [1.165, 1.54) is 19.6 Å². The Morgan fingerprint density at radius 3 is 2.36 bits per heavy atom. The Labute approximate surface area is 148 Å². The van der Waals surface area contributed by atoms with E-state index in [-0.39, 0.29) is 11.7 Å². The fourth-order valence-electron chi connectivity index (χ4n) is 2.27. The normalized spacial score (nSPS) is 11.5. The molecule has 0 fully saturated rings. The van der Waals surface area contributed by atoms with Gasteiger partial charge in [-0.1, -0.05) is 29.8 Å². The van der Waals surface area contributed by atoms with Gasteiger partial charge in [0.2, 0.25) is 0 Å². The van der Waals surface area contributed by atoms with Gasteiger partial charge in [0, 0.05) is 12.1 Å². The first kappa shape index (κ1) is 18.5. The van der Waals surface area contributed by atoms with Crippen molar-refractivity contribution in [2.75, 3.05) is 7.11 Å². The van der Waals surface area contributed by atoms with Gasteiger partial charge >= 0.3 is 0 Å². The molecule has 0 heterocycles. The number of amides is 1. The number of ketones is 1. The highest BCUT2D eigenvalue weighted by molar-refractivity contribution is 5.94. The Kier molecular flexibility index (Phi) is 6.17. The highest BCUT2D eigenvalue weighted by atomic mass is 16.5. The molecule has 2 aromatic rings. The molecule has 25 heavy (non-hydrogen) atoms. The van der Waals surface area contributed by atoms with Crippen molar-refractivity contribution >= 4 is 11.7 Å². The molecule has 132 valence electrons. The molecule has 0 saturated heterocycles. The third kappa shape index (κ3) is 5.08. The number of ether oxygens (including phenoxy) is 2. The van der Waals surface area contributed by atoms with E-state index < -0.39 is 6.10 Å². The van der Waals surface area contributed by atoms with Crippen molar-refractivity contribution in [3.63, 3.8) is 0 Å². The van der Waals surface area contributed by atoms with Crippen molar-refractivity contribution in [2.45, 2.75) is 33.4 Å². The maximum Gasteiger partial charge on any atom is 0.261 e. The summed E-state index contributed by atoms with van der Waals surface area (Å²) in [6.07, 6.45) is -0.692. The van der Waals surface area contributed by atoms with E-state index in [1.54, 1.807) is 25.1 Å². The Hall–Kier alpha value is -2.82. The van der Waals surface area contributed by atoms with Gasteiger partial charge in [-0.3, -0.25) is 9.59 Å². The minimum atomic E-state index is -0.692. The SMILES string of the molecule is COc1cc(C(C)=O)ccc1O[C@@H](C)C(=O)NCc1ccc(C)cc1. The lowest BCUT2D eigenvalue weighted by Gasteiger charge is -2.17. The molecule has 0 aliphatic carbocycles. The molecule has 0 saturated carbocycles. The molecule has 1 atom stereocenters. The molecule has 5 heteroatoms. The predicted octanol–water partition coefficient (Wildman–Crippen LogP) is 3.29. The predicted molar refractivity (Wildman–Crippen MR) is 96.1 cm³/mol. The van der Waals surface area contributed by atoms with Crippen molar-refractivity contribution in [3.8, 4) is 11.5 Å². The largest absolute Gasteiger partial charge is 0.493 e. The monoisotopic (exact) mass is 341 g/mol. The number of benzene rings is 2. The second kappa shape index (κ2) is 8.33. The number of hydrogen-bond acceptors (Lipinski definition) is 4. The molecule has 1 amide bonds. The summed E-state index contributed by atoms with van der Waals surface area (Å²) in [7, 11) is 1.49. The first-order valence-electron chi connectivity index (χ1n) is 8.09. The molecule has 0 bridgehead atoms. The van der Waals surface area contributed by atoms with Crippen LogP contribution >= 0.6 is 0 Å². The second-order valence-electron chi connectivity index (χ2n) is 5.89. The third-order valence-electron chi connectivity index (χ3n) is 3.83. The molecule has 1 N–H and O–H groups in total. The molecular weight excluding hydrogens is 318 g/mol. The van der Waals surface area contributed by atoms with Crippen LogP contribution in [0.5, 0.6) is 11.5 Å². The summed E-state index contributed by atoms with van der Waals surface area (Å²) < 4.78 is 10.9. The molecule has 0 aliphatic rings. The van der Waals surface area contributed by atoms with E-state index in [0.717, 1.165) is 5.56 Å². The highest BCUT2D eigenvalue weighted by Crippen LogP contribution is 2.29. The van der Waals surface area contributed by atoms with E-state index >= 15 is 0 Å². The number of nitrogens with one attached hydrogen (secondary N) is 1. The van der Waals surface area contributed by atoms with Crippen molar-refractivity contribution in [1.29, 1.82) is 0 Å². The van der Waals surface area contributed by atoms with E-state index in [2.05, 4.69) is 5.32 Å². The fourth-order valence-corrected chi connectivity index (χ4v) is 2.27. The topological polar surface area (TPSA) is 64.6 Å². The van der Waals surface area contributed by atoms with Gasteiger partial charge in [-0.15, -0.1) is 0 Å². The van der Waals surface area contributed by atoms with Gasteiger partial charge in [0.15, 0.2) is 23.4 Å². The van der Waals surface area contributed by atoms with Crippen LogP contribution in [0.25, 0.3) is 0 Å². The first-order chi connectivity index (χ1) is 11.9. The Morgan fingerprint density at radius 2 is 1.76 bits per heavy atom. The zero-order valence-electron chi connectivity index (χ0n) is 15.0. The van der Waals surface area contributed by atoms with E-state index in [9.17, 15) is 9.59 Å². The second-order valence-corrected chi connectivity index (χ2v) is 5.89. The summed E-state index contributed by atoms with van der Waals surface area (Å²) in [4.78, 5) is 23.7. The van der Waals surface area contributed by atoms with Crippen LogP contribution in [0, 0.1) is 6.92 Å².